The summed E-state index contributed by atoms with van der Waals surface area (Å²) in [7, 11) is -0.829. The Balaban J connectivity index is 1.87. The van der Waals surface area contributed by atoms with Crippen molar-refractivity contribution in [3.63, 3.8) is 0 Å². The molecule has 1 aromatic carbocycles. The summed E-state index contributed by atoms with van der Waals surface area (Å²) in [5.41, 5.74) is 0.758. The molecule has 1 aliphatic rings. The minimum atomic E-state index is -3.82. The lowest BCUT2D eigenvalue weighted by atomic mass is 10.0. The second kappa shape index (κ2) is 11.9. The number of rotatable bonds is 7. The third kappa shape index (κ3) is 6.57. The summed E-state index contributed by atoms with van der Waals surface area (Å²) in [4.78, 5) is 14.7. The van der Waals surface area contributed by atoms with Crippen LogP contribution in [0.15, 0.2) is 35.4 Å². The van der Waals surface area contributed by atoms with Crippen LogP contribution in [-0.2, 0) is 32.7 Å². The predicted molar refractivity (Wildman–Crippen MR) is 128 cm³/mol. The first-order chi connectivity index (χ1) is 16.7. The van der Waals surface area contributed by atoms with Gasteiger partial charge in [-0.25, -0.2) is 13.1 Å². The molecule has 0 saturated carbocycles. The number of aromatic nitrogens is 3. The smallest absolute Gasteiger partial charge is 0.243 e. The molecule has 1 aliphatic heterocycles. The van der Waals surface area contributed by atoms with Gasteiger partial charge in [0.1, 0.15) is 5.75 Å². The molecule has 0 unspecified atom stereocenters. The Kier molecular flexibility index (Phi) is 9.22. The lowest BCUT2D eigenvalue weighted by Crippen LogP contribution is -2.47. The number of methoxy groups -OCH3 is 1. The minimum absolute atomic E-state index is 0.0673. The number of hydrogen-bond donors (Lipinski definition) is 1. The molecule has 0 spiro atoms. The van der Waals surface area contributed by atoms with Gasteiger partial charge >= 0.3 is 0 Å². The largest absolute Gasteiger partial charge is 0.497 e. The average Bonchev–Trinajstić information content (AvgIpc) is 3.30. The van der Waals surface area contributed by atoms with Crippen molar-refractivity contribution >= 4 is 15.9 Å². The van der Waals surface area contributed by atoms with E-state index in [1.165, 1.54) is 30.6 Å². The van der Waals surface area contributed by atoms with Crippen LogP contribution in [-0.4, -0.2) is 89.6 Å². The van der Waals surface area contributed by atoms with Crippen molar-refractivity contribution in [1.82, 2.24) is 24.2 Å². The van der Waals surface area contributed by atoms with Gasteiger partial charge in [0.25, 0.3) is 0 Å². The van der Waals surface area contributed by atoms with Gasteiger partial charge in [-0.3, -0.25) is 4.79 Å². The highest BCUT2D eigenvalue weighted by atomic mass is 32.2. The van der Waals surface area contributed by atoms with Crippen molar-refractivity contribution in [3.8, 4) is 5.75 Å². The van der Waals surface area contributed by atoms with E-state index in [2.05, 4.69) is 10.3 Å². The number of aryl methyl sites for hydroxylation is 1. The third-order valence-corrected chi connectivity index (χ3v) is 8.15. The molecule has 3 rings (SSSR count). The van der Waals surface area contributed by atoms with Crippen LogP contribution >= 0.6 is 0 Å². The molecule has 0 fully saturated rings. The van der Waals surface area contributed by atoms with Gasteiger partial charge < -0.3 is 19.5 Å². The average molecular weight is 510 g/mol. The quantitative estimate of drug-likeness (QED) is 0.589. The number of hydrogen-bond acceptors (Lipinski definition) is 8. The zero-order chi connectivity index (χ0) is 25.6. The SMILES string of the molecule is COc1cccc(S(=O)(=O)N(C)C[C@@H]2OCc3cnnn3CCCC(=O)N([C@@H](C)CO)C[C@@H]2C)c1. The molecule has 12 heteroatoms. The highest BCUT2D eigenvalue weighted by Gasteiger charge is 2.31. The molecule has 0 saturated heterocycles. The number of aliphatic hydroxyl groups is 1. The normalized spacial score (nSPS) is 21.2. The lowest BCUT2D eigenvalue weighted by Gasteiger charge is -2.35. The van der Waals surface area contributed by atoms with Gasteiger partial charge in [-0.15, -0.1) is 5.10 Å². The first kappa shape index (κ1) is 27.1. The highest BCUT2D eigenvalue weighted by Crippen LogP contribution is 2.23. The van der Waals surface area contributed by atoms with E-state index in [-0.39, 0.29) is 42.5 Å². The molecular weight excluding hydrogens is 474 g/mol. The van der Waals surface area contributed by atoms with Crippen LogP contribution in [0.25, 0.3) is 0 Å². The van der Waals surface area contributed by atoms with Gasteiger partial charge in [-0.05, 0) is 25.5 Å². The number of carbonyl (C=O) groups excluding carboxylic acids is 1. The molecule has 1 amide bonds. The number of benzene rings is 1. The molecule has 1 N–H and O–H groups in total. The Morgan fingerprint density at radius 1 is 1.37 bits per heavy atom. The molecule has 194 valence electrons. The fourth-order valence-electron chi connectivity index (χ4n) is 4.04. The van der Waals surface area contributed by atoms with Crippen LogP contribution in [0.2, 0.25) is 0 Å². The van der Waals surface area contributed by atoms with E-state index >= 15 is 0 Å². The fourth-order valence-corrected chi connectivity index (χ4v) is 5.26. The standard InChI is InChI=1S/C23H35N5O6S/c1-17-13-27(18(2)15-29)23(30)9-6-10-28-19(12-24-25-28)16-34-22(17)14-26(3)35(31,32)21-8-5-7-20(11-21)33-4/h5,7-8,11-12,17-18,22,29H,6,9-10,13-16H2,1-4H3/t17-,18-,22-/m0/s1. The summed E-state index contributed by atoms with van der Waals surface area (Å²) in [5.74, 6) is 0.152. The first-order valence-corrected chi connectivity index (χ1v) is 13.1. The van der Waals surface area contributed by atoms with Crippen molar-refractivity contribution in [3.05, 3.63) is 36.2 Å². The fraction of sp³-hybridized carbons (Fsp3) is 0.609. The van der Waals surface area contributed by atoms with E-state index in [9.17, 15) is 18.3 Å². The minimum Gasteiger partial charge on any atom is -0.497 e. The van der Waals surface area contributed by atoms with E-state index in [1.807, 2.05) is 6.92 Å². The Morgan fingerprint density at radius 3 is 2.86 bits per heavy atom. The van der Waals surface area contributed by atoms with Crippen molar-refractivity contribution in [2.45, 2.75) is 56.9 Å². The maximum absolute atomic E-state index is 13.3. The highest BCUT2D eigenvalue weighted by molar-refractivity contribution is 7.89. The van der Waals surface area contributed by atoms with E-state index in [4.69, 9.17) is 9.47 Å². The van der Waals surface area contributed by atoms with Gasteiger partial charge in [0.05, 0.1) is 49.3 Å². The Hall–Kier alpha value is -2.54. The first-order valence-electron chi connectivity index (χ1n) is 11.7. The number of aliphatic hydroxyl groups excluding tert-OH is 1. The number of nitrogens with zero attached hydrogens (tertiary/aromatic N) is 5. The van der Waals surface area contributed by atoms with Crippen molar-refractivity contribution < 1.29 is 27.8 Å². The maximum Gasteiger partial charge on any atom is 0.243 e. The van der Waals surface area contributed by atoms with Gasteiger partial charge in [-0.2, -0.15) is 4.31 Å². The van der Waals surface area contributed by atoms with E-state index < -0.39 is 16.1 Å². The van der Waals surface area contributed by atoms with Crippen molar-refractivity contribution in [2.24, 2.45) is 5.92 Å². The number of sulfonamides is 1. The van der Waals surface area contributed by atoms with Crippen LogP contribution in [0.1, 0.15) is 32.4 Å². The summed E-state index contributed by atoms with van der Waals surface area (Å²) in [6.45, 7) is 4.66. The number of fused-ring (bicyclic) bond motifs is 1. The van der Waals surface area contributed by atoms with E-state index in [0.717, 1.165) is 5.69 Å². The Morgan fingerprint density at radius 2 is 2.14 bits per heavy atom. The van der Waals surface area contributed by atoms with Gasteiger partial charge in [0.2, 0.25) is 15.9 Å². The summed E-state index contributed by atoms with van der Waals surface area (Å²) >= 11 is 0. The van der Waals surface area contributed by atoms with E-state index in [0.29, 0.717) is 31.7 Å². The molecule has 11 nitrogen and oxygen atoms in total. The molecule has 0 aliphatic carbocycles. The molecular formula is C23H35N5O6S. The molecule has 0 radical (unpaired) electrons. The zero-order valence-electron chi connectivity index (χ0n) is 20.7. The molecule has 2 aromatic rings. The number of amides is 1. The van der Waals surface area contributed by atoms with E-state index in [1.54, 1.807) is 34.8 Å². The van der Waals surface area contributed by atoms with Crippen LogP contribution in [0.4, 0.5) is 0 Å². The number of ether oxygens (including phenoxy) is 2. The van der Waals surface area contributed by atoms with Crippen LogP contribution in [0, 0.1) is 5.92 Å². The van der Waals surface area contributed by atoms with Gasteiger partial charge in [0.15, 0.2) is 0 Å². The third-order valence-electron chi connectivity index (χ3n) is 6.33. The second-order valence-electron chi connectivity index (χ2n) is 8.92. The maximum atomic E-state index is 13.3. The lowest BCUT2D eigenvalue weighted by molar-refractivity contribution is -0.136. The second-order valence-corrected chi connectivity index (χ2v) is 11.0. The Labute approximate surface area is 206 Å². The zero-order valence-corrected chi connectivity index (χ0v) is 21.5. The summed E-state index contributed by atoms with van der Waals surface area (Å²) in [6, 6.07) is 5.94. The number of carbonyl (C=O) groups is 1. The van der Waals surface area contributed by atoms with Gasteiger partial charge in [0, 0.05) is 45.1 Å². The molecule has 2 heterocycles. The van der Waals surface area contributed by atoms with Crippen LogP contribution < -0.4 is 4.74 Å². The summed E-state index contributed by atoms with van der Waals surface area (Å²) in [5, 5.41) is 17.8. The van der Waals surface area contributed by atoms with Gasteiger partial charge in [-0.1, -0.05) is 18.2 Å². The van der Waals surface area contributed by atoms with Crippen LogP contribution in [0.5, 0.6) is 5.75 Å². The van der Waals surface area contributed by atoms with Crippen molar-refractivity contribution in [1.29, 1.82) is 0 Å². The number of likely N-dealkylation sites (N-methyl/N-ethyl adjacent to an activating group) is 1. The topological polar surface area (TPSA) is 127 Å². The van der Waals surface area contributed by atoms with Crippen molar-refractivity contribution in [2.75, 3.05) is 33.9 Å². The monoisotopic (exact) mass is 509 g/mol. The van der Waals surface area contributed by atoms with Crippen LogP contribution in [0.3, 0.4) is 0 Å². The molecule has 3 atom stereocenters. The molecule has 1 aromatic heterocycles. The predicted octanol–water partition coefficient (Wildman–Crippen LogP) is 1.13. The summed E-state index contributed by atoms with van der Waals surface area (Å²) < 4.78 is 40.9. The molecule has 35 heavy (non-hydrogen) atoms. The Bertz CT molecular complexity index is 1090. The molecule has 0 bridgehead atoms. The summed E-state index contributed by atoms with van der Waals surface area (Å²) in [6.07, 6.45) is 1.98.